The minimum atomic E-state index is -1.51. The van der Waals surface area contributed by atoms with Crippen molar-refractivity contribution in [2.24, 2.45) is 11.5 Å². The first kappa shape index (κ1) is 7.62. The first-order chi connectivity index (χ1) is 5.04. The lowest BCUT2D eigenvalue weighted by Gasteiger charge is -2.23. The first-order valence-corrected chi connectivity index (χ1v) is 2.99. The molecule has 1 aliphatic rings. The van der Waals surface area contributed by atoms with Crippen molar-refractivity contribution < 1.29 is 9.90 Å². The van der Waals surface area contributed by atoms with Crippen LogP contribution in [0.2, 0.25) is 0 Å². The monoisotopic (exact) mass is 155 g/mol. The first-order valence-electron chi connectivity index (χ1n) is 2.99. The molecule has 0 bridgehead atoms. The molecule has 0 amide bonds. The summed E-state index contributed by atoms with van der Waals surface area (Å²) in [5, 5.41) is 11.0. The largest absolute Gasteiger partial charge is 0.478 e. The molecule has 0 aromatic heterocycles. The number of nitrogens with one attached hydrogen (secondary N) is 1. The van der Waals surface area contributed by atoms with Crippen LogP contribution in [0.3, 0.4) is 0 Å². The van der Waals surface area contributed by atoms with Gasteiger partial charge in [0.15, 0.2) is 0 Å². The van der Waals surface area contributed by atoms with Crippen molar-refractivity contribution in [2.75, 3.05) is 0 Å². The Hall–Kier alpha value is -1.49. The molecule has 0 aromatic carbocycles. The van der Waals surface area contributed by atoms with Crippen LogP contribution in [0.4, 0.5) is 0 Å². The molecule has 5 heteroatoms. The molecule has 1 heterocycles. The van der Waals surface area contributed by atoms with Gasteiger partial charge in [0, 0.05) is 11.9 Å². The van der Waals surface area contributed by atoms with Crippen LogP contribution in [0.15, 0.2) is 24.0 Å². The highest BCUT2D eigenvalue weighted by atomic mass is 16.4. The van der Waals surface area contributed by atoms with Crippen molar-refractivity contribution in [2.45, 2.75) is 5.66 Å². The third-order valence-electron chi connectivity index (χ3n) is 1.37. The van der Waals surface area contributed by atoms with Crippen molar-refractivity contribution in [3.8, 4) is 0 Å². The summed E-state index contributed by atoms with van der Waals surface area (Å²) in [6, 6.07) is 0. The van der Waals surface area contributed by atoms with Crippen LogP contribution in [0.1, 0.15) is 0 Å². The Balaban J connectivity index is 2.82. The molecule has 1 aliphatic heterocycles. The number of allylic oxidation sites excluding steroid dienone is 1. The highest BCUT2D eigenvalue weighted by Gasteiger charge is 2.30. The van der Waals surface area contributed by atoms with Gasteiger partial charge in [0.05, 0.1) is 0 Å². The lowest BCUT2D eigenvalue weighted by atomic mass is 10.1. The number of nitrogens with two attached hydrogens (primary N) is 2. The maximum Gasteiger partial charge on any atom is 0.348 e. The van der Waals surface area contributed by atoms with Crippen molar-refractivity contribution >= 4 is 5.97 Å². The van der Waals surface area contributed by atoms with E-state index in [9.17, 15) is 4.79 Å². The summed E-state index contributed by atoms with van der Waals surface area (Å²) >= 11 is 0. The summed E-state index contributed by atoms with van der Waals surface area (Å²) in [7, 11) is 0. The van der Waals surface area contributed by atoms with E-state index in [1.165, 1.54) is 18.4 Å². The van der Waals surface area contributed by atoms with E-state index in [1.54, 1.807) is 0 Å². The van der Waals surface area contributed by atoms with Crippen LogP contribution >= 0.6 is 0 Å². The molecule has 1 rings (SSSR count). The molecule has 60 valence electrons. The molecule has 5 nitrogen and oxygen atoms in total. The van der Waals surface area contributed by atoms with Crippen LogP contribution < -0.4 is 16.8 Å². The van der Waals surface area contributed by atoms with Gasteiger partial charge in [-0.25, -0.2) is 4.79 Å². The molecule has 0 radical (unpaired) electrons. The van der Waals surface area contributed by atoms with E-state index in [4.69, 9.17) is 16.6 Å². The predicted octanol–water partition coefficient (Wildman–Crippen LogP) is -1.31. The molecule has 1 unspecified atom stereocenters. The summed E-state index contributed by atoms with van der Waals surface area (Å²) in [4.78, 5) is 10.5. The number of dihydropyridines is 1. The Morgan fingerprint density at radius 1 is 1.73 bits per heavy atom. The fraction of sp³-hybridized carbons (Fsp3) is 0.167. The smallest absolute Gasteiger partial charge is 0.348 e. The normalized spacial score (nSPS) is 29.0. The summed E-state index contributed by atoms with van der Waals surface area (Å²) in [6.07, 6.45) is 4.10. The summed E-state index contributed by atoms with van der Waals surface area (Å²) < 4.78 is 0. The molecule has 6 N–H and O–H groups in total. The summed E-state index contributed by atoms with van der Waals surface area (Å²) in [5.74, 6) is -1.14. The highest BCUT2D eigenvalue weighted by Crippen LogP contribution is 2.05. The number of rotatable bonds is 1. The minimum Gasteiger partial charge on any atom is -0.478 e. The Labute approximate surface area is 63.4 Å². The third kappa shape index (κ3) is 1.32. The maximum absolute atomic E-state index is 10.5. The van der Waals surface area contributed by atoms with E-state index in [2.05, 4.69) is 5.32 Å². The zero-order valence-corrected chi connectivity index (χ0v) is 5.74. The molecule has 0 saturated carbocycles. The molecule has 11 heavy (non-hydrogen) atoms. The third-order valence-corrected chi connectivity index (χ3v) is 1.37. The van der Waals surface area contributed by atoms with Gasteiger partial charge in [0.2, 0.25) is 5.66 Å². The van der Waals surface area contributed by atoms with E-state index >= 15 is 0 Å². The van der Waals surface area contributed by atoms with Crippen LogP contribution in [0.25, 0.3) is 0 Å². The summed E-state index contributed by atoms with van der Waals surface area (Å²) in [5.41, 5.74) is 9.63. The molecule has 0 aromatic rings. The Morgan fingerprint density at radius 2 is 2.36 bits per heavy atom. The van der Waals surface area contributed by atoms with Crippen LogP contribution in [0.5, 0.6) is 0 Å². The van der Waals surface area contributed by atoms with E-state index < -0.39 is 11.6 Å². The molecule has 0 spiro atoms. The fourth-order valence-electron chi connectivity index (χ4n) is 0.660. The molecule has 0 saturated heterocycles. The van der Waals surface area contributed by atoms with Crippen molar-refractivity contribution in [3.05, 3.63) is 24.0 Å². The Kier molecular flexibility index (Phi) is 1.58. The number of aliphatic carboxylic acids is 1. The molecular weight excluding hydrogens is 146 g/mol. The van der Waals surface area contributed by atoms with Gasteiger partial charge in [-0.05, 0) is 12.2 Å². The molecular formula is C6H9N3O2. The van der Waals surface area contributed by atoms with E-state index in [1.807, 2.05) is 0 Å². The average Bonchev–Trinajstić information content (AvgIpc) is 1.95. The molecule has 1 atom stereocenters. The molecule has 0 fully saturated rings. The van der Waals surface area contributed by atoms with Gasteiger partial charge in [-0.2, -0.15) is 0 Å². The second-order valence-corrected chi connectivity index (χ2v) is 2.30. The second kappa shape index (κ2) is 2.28. The van der Waals surface area contributed by atoms with Gasteiger partial charge >= 0.3 is 5.97 Å². The highest BCUT2D eigenvalue weighted by molar-refractivity contribution is 5.81. The van der Waals surface area contributed by atoms with Crippen LogP contribution in [-0.4, -0.2) is 16.7 Å². The average molecular weight is 155 g/mol. The van der Waals surface area contributed by atoms with Gasteiger partial charge in [0.1, 0.15) is 0 Å². The zero-order chi connectivity index (χ0) is 8.48. The second-order valence-electron chi connectivity index (χ2n) is 2.30. The van der Waals surface area contributed by atoms with Gasteiger partial charge < -0.3 is 16.2 Å². The minimum absolute atomic E-state index is 0.451. The van der Waals surface area contributed by atoms with Crippen molar-refractivity contribution in [1.82, 2.24) is 5.32 Å². The number of hydrogen-bond donors (Lipinski definition) is 4. The SMILES string of the molecule is NC1=CNC(N)(C(=O)O)C=C1. The number of carboxylic acids is 1. The predicted molar refractivity (Wildman–Crippen MR) is 39.1 cm³/mol. The summed E-state index contributed by atoms with van der Waals surface area (Å²) in [6.45, 7) is 0. The van der Waals surface area contributed by atoms with Crippen LogP contribution in [-0.2, 0) is 4.79 Å². The fourth-order valence-corrected chi connectivity index (χ4v) is 0.660. The van der Waals surface area contributed by atoms with Gasteiger partial charge in [-0.15, -0.1) is 0 Å². The zero-order valence-electron chi connectivity index (χ0n) is 5.74. The number of carbonyl (C=O) groups is 1. The molecule has 0 aliphatic carbocycles. The van der Waals surface area contributed by atoms with Crippen LogP contribution in [0, 0.1) is 0 Å². The Morgan fingerprint density at radius 3 is 2.73 bits per heavy atom. The standard InChI is InChI=1S/C6H9N3O2/c7-4-1-2-6(8,5(10)11)9-3-4/h1-3,9H,7-8H2,(H,10,11). The lowest BCUT2D eigenvalue weighted by molar-refractivity contribution is -0.142. The van der Waals surface area contributed by atoms with Gasteiger partial charge in [-0.1, -0.05) is 0 Å². The van der Waals surface area contributed by atoms with Gasteiger partial charge in [0.25, 0.3) is 0 Å². The van der Waals surface area contributed by atoms with Gasteiger partial charge in [-0.3, -0.25) is 5.73 Å². The Bertz CT molecular complexity index is 246. The van der Waals surface area contributed by atoms with Crippen molar-refractivity contribution in [3.63, 3.8) is 0 Å². The number of hydrogen-bond acceptors (Lipinski definition) is 4. The van der Waals surface area contributed by atoms with E-state index in [-0.39, 0.29) is 0 Å². The lowest BCUT2D eigenvalue weighted by Crippen LogP contribution is -2.57. The maximum atomic E-state index is 10.5. The number of carboxylic acid groups (broad SMARTS) is 1. The topological polar surface area (TPSA) is 101 Å². The van der Waals surface area contributed by atoms with E-state index in [0.717, 1.165) is 0 Å². The van der Waals surface area contributed by atoms with E-state index in [0.29, 0.717) is 5.70 Å². The quantitative estimate of drug-likeness (QED) is 0.376. The van der Waals surface area contributed by atoms with Crippen molar-refractivity contribution in [1.29, 1.82) is 0 Å².